The number of nitrogens with one attached hydrogen (secondary N) is 2. The largest absolute Gasteiger partial charge is 0.370 e. The van der Waals surface area contributed by atoms with Crippen molar-refractivity contribution in [3.8, 4) is 0 Å². The number of guanidine groups is 1. The van der Waals surface area contributed by atoms with Crippen LogP contribution in [0.1, 0.15) is 43.4 Å². The predicted molar refractivity (Wildman–Crippen MR) is 133 cm³/mol. The molecule has 2 aromatic carbocycles. The van der Waals surface area contributed by atoms with Gasteiger partial charge in [-0.05, 0) is 56.0 Å². The SMILES string of the molecule is CCNC(=NCc1ccc(CN2CCCC2=O)cc1)NCCN(CC)c1cccc(C)c1. The first-order chi connectivity index (χ1) is 15.6. The van der Waals surface area contributed by atoms with Crippen LogP contribution in [0.15, 0.2) is 53.5 Å². The zero-order valence-electron chi connectivity index (χ0n) is 19.7. The normalized spacial score (nSPS) is 14.0. The first-order valence-corrected chi connectivity index (χ1v) is 11.8. The highest BCUT2D eigenvalue weighted by atomic mass is 16.2. The van der Waals surface area contributed by atoms with Gasteiger partial charge in [0.15, 0.2) is 5.96 Å². The molecule has 1 heterocycles. The lowest BCUT2D eigenvalue weighted by Crippen LogP contribution is -2.41. The predicted octanol–water partition coefficient (Wildman–Crippen LogP) is 3.70. The van der Waals surface area contributed by atoms with Gasteiger partial charge in [0.25, 0.3) is 0 Å². The standard InChI is InChI=1S/C26H37N5O/c1-4-27-26(28-15-17-30(5-2)24-9-6-8-21(3)18-24)29-19-22-11-13-23(14-12-22)20-31-16-7-10-25(31)32/h6,8-9,11-14,18H,4-5,7,10,15-17,19-20H2,1-3H3,(H2,27,28,29). The summed E-state index contributed by atoms with van der Waals surface area (Å²) in [4.78, 5) is 20.9. The topological polar surface area (TPSA) is 60.0 Å². The Morgan fingerprint density at radius 2 is 1.88 bits per heavy atom. The summed E-state index contributed by atoms with van der Waals surface area (Å²) < 4.78 is 0. The van der Waals surface area contributed by atoms with Gasteiger partial charge in [-0.3, -0.25) is 4.79 Å². The third-order valence-electron chi connectivity index (χ3n) is 5.75. The maximum atomic E-state index is 11.8. The molecule has 2 N–H and O–H groups in total. The van der Waals surface area contributed by atoms with Crippen LogP contribution in [-0.2, 0) is 17.9 Å². The number of hydrogen-bond acceptors (Lipinski definition) is 3. The number of hydrogen-bond donors (Lipinski definition) is 2. The Bertz CT molecular complexity index is 893. The number of rotatable bonds is 10. The van der Waals surface area contributed by atoms with Crippen molar-refractivity contribution in [3.05, 3.63) is 65.2 Å². The second kappa shape index (κ2) is 12.1. The average Bonchev–Trinajstić information content (AvgIpc) is 3.20. The Morgan fingerprint density at radius 1 is 1.09 bits per heavy atom. The summed E-state index contributed by atoms with van der Waals surface area (Å²) in [6, 6.07) is 17.1. The van der Waals surface area contributed by atoms with Gasteiger partial charge in [0.05, 0.1) is 6.54 Å². The van der Waals surface area contributed by atoms with Gasteiger partial charge in [-0.25, -0.2) is 4.99 Å². The Kier molecular flexibility index (Phi) is 8.96. The molecule has 0 aromatic heterocycles. The monoisotopic (exact) mass is 435 g/mol. The zero-order chi connectivity index (χ0) is 22.8. The molecule has 1 aliphatic rings. The van der Waals surface area contributed by atoms with Crippen molar-refractivity contribution < 1.29 is 4.79 Å². The van der Waals surface area contributed by atoms with Crippen LogP contribution in [0.3, 0.4) is 0 Å². The molecule has 0 unspecified atom stereocenters. The summed E-state index contributed by atoms with van der Waals surface area (Å²) >= 11 is 0. The van der Waals surface area contributed by atoms with Crippen molar-refractivity contribution >= 4 is 17.6 Å². The fourth-order valence-electron chi connectivity index (χ4n) is 3.96. The molecule has 1 fully saturated rings. The fourth-order valence-corrected chi connectivity index (χ4v) is 3.96. The van der Waals surface area contributed by atoms with Crippen molar-refractivity contribution in [1.29, 1.82) is 0 Å². The quantitative estimate of drug-likeness (QED) is 0.441. The third kappa shape index (κ3) is 7.01. The average molecular weight is 436 g/mol. The molecular formula is C26H37N5O. The Morgan fingerprint density at radius 3 is 2.53 bits per heavy atom. The van der Waals surface area contributed by atoms with E-state index in [1.807, 2.05) is 4.90 Å². The number of likely N-dealkylation sites (tertiary alicyclic amines) is 1. The Balaban J connectivity index is 1.51. The van der Waals surface area contributed by atoms with Crippen LogP contribution in [0.25, 0.3) is 0 Å². The molecule has 1 saturated heterocycles. The highest BCUT2D eigenvalue weighted by molar-refractivity contribution is 5.79. The van der Waals surface area contributed by atoms with Crippen LogP contribution in [0.5, 0.6) is 0 Å². The van der Waals surface area contributed by atoms with Crippen molar-refractivity contribution in [2.24, 2.45) is 4.99 Å². The van der Waals surface area contributed by atoms with Gasteiger partial charge >= 0.3 is 0 Å². The maximum absolute atomic E-state index is 11.8. The highest BCUT2D eigenvalue weighted by Gasteiger charge is 2.19. The van der Waals surface area contributed by atoms with E-state index in [0.717, 1.165) is 50.7 Å². The molecule has 0 saturated carbocycles. The van der Waals surface area contributed by atoms with Crippen molar-refractivity contribution in [3.63, 3.8) is 0 Å². The van der Waals surface area contributed by atoms with Crippen molar-refractivity contribution in [2.75, 3.05) is 37.6 Å². The van der Waals surface area contributed by atoms with E-state index in [1.54, 1.807) is 0 Å². The summed E-state index contributed by atoms with van der Waals surface area (Å²) in [5.74, 6) is 1.10. The highest BCUT2D eigenvalue weighted by Crippen LogP contribution is 2.16. The number of anilines is 1. The van der Waals surface area contributed by atoms with Gasteiger partial charge in [-0.2, -0.15) is 0 Å². The third-order valence-corrected chi connectivity index (χ3v) is 5.75. The van der Waals surface area contributed by atoms with E-state index in [2.05, 4.69) is 84.8 Å². The molecule has 3 rings (SSSR count). The number of aliphatic imine (C=N–C) groups is 1. The summed E-state index contributed by atoms with van der Waals surface area (Å²) in [6.45, 7) is 12.1. The van der Waals surface area contributed by atoms with Crippen LogP contribution >= 0.6 is 0 Å². The minimum Gasteiger partial charge on any atom is -0.370 e. The molecule has 1 aliphatic heterocycles. The van der Waals surface area contributed by atoms with Gasteiger partial charge in [0.2, 0.25) is 5.91 Å². The number of nitrogens with zero attached hydrogens (tertiary/aromatic N) is 3. The van der Waals surface area contributed by atoms with Crippen molar-refractivity contribution in [2.45, 2.75) is 46.7 Å². The smallest absolute Gasteiger partial charge is 0.222 e. The summed E-state index contributed by atoms with van der Waals surface area (Å²) in [7, 11) is 0. The van der Waals surface area contributed by atoms with E-state index in [4.69, 9.17) is 4.99 Å². The first kappa shape index (κ1) is 23.6. The lowest BCUT2D eigenvalue weighted by atomic mass is 10.1. The minimum atomic E-state index is 0.268. The van der Waals surface area contributed by atoms with E-state index < -0.39 is 0 Å². The van der Waals surface area contributed by atoms with E-state index >= 15 is 0 Å². The van der Waals surface area contributed by atoms with Crippen LogP contribution in [0, 0.1) is 6.92 Å². The molecule has 0 radical (unpaired) electrons. The second-order valence-corrected chi connectivity index (χ2v) is 8.28. The number of amides is 1. The van der Waals surface area contributed by atoms with Gasteiger partial charge in [-0.15, -0.1) is 0 Å². The fraction of sp³-hybridized carbons (Fsp3) is 0.462. The molecule has 6 heteroatoms. The molecule has 1 amide bonds. The summed E-state index contributed by atoms with van der Waals surface area (Å²) in [5, 5.41) is 6.79. The van der Waals surface area contributed by atoms with Crippen molar-refractivity contribution in [1.82, 2.24) is 15.5 Å². The summed E-state index contributed by atoms with van der Waals surface area (Å²) in [6.07, 6.45) is 1.67. The molecule has 0 aliphatic carbocycles. The first-order valence-electron chi connectivity index (χ1n) is 11.8. The van der Waals surface area contributed by atoms with E-state index in [-0.39, 0.29) is 5.91 Å². The zero-order valence-corrected chi connectivity index (χ0v) is 19.7. The van der Waals surface area contributed by atoms with E-state index in [9.17, 15) is 4.79 Å². The molecule has 0 spiro atoms. The minimum absolute atomic E-state index is 0.268. The van der Waals surface area contributed by atoms with E-state index in [0.29, 0.717) is 19.5 Å². The number of likely N-dealkylation sites (N-methyl/N-ethyl adjacent to an activating group) is 1. The van der Waals surface area contributed by atoms with Crippen LogP contribution < -0.4 is 15.5 Å². The molecule has 6 nitrogen and oxygen atoms in total. The number of carbonyl (C=O) groups excluding carboxylic acids is 1. The van der Waals surface area contributed by atoms with Gasteiger partial charge in [0.1, 0.15) is 0 Å². The number of benzene rings is 2. The molecule has 0 bridgehead atoms. The molecular weight excluding hydrogens is 398 g/mol. The van der Waals surface area contributed by atoms with Crippen LogP contribution in [0.2, 0.25) is 0 Å². The number of aryl methyl sites for hydroxylation is 1. The molecule has 172 valence electrons. The number of carbonyl (C=O) groups is 1. The molecule has 0 atom stereocenters. The Hall–Kier alpha value is -3.02. The molecule has 2 aromatic rings. The lowest BCUT2D eigenvalue weighted by Gasteiger charge is -2.24. The second-order valence-electron chi connectivity index (χ2n) is 8.28. The van der Waals surface area contributed by atoms with Gasteiger partial charge in [-0.1, -0.05) is 36.4 Å². The Labute approximate surface area is 192 Å². The summed E-state index contributed by atoms with van der Waals surface area (Å²) in [5.41, 5.74) is 4.87. The van der Waals surface area contributed by atoms with Crippen LogP contribution in [0.4, 0.5) is 5.69 Å². The van der Waals surface area contributed by atoms with E-state index in [1.165, 1.54) is 16.8 Å². The maximum Gasteiger partial charge on any atom is 0.222 e. The van der Waals surface area contributed by atoms with Gasteiger partial charge in [0, 0.05) is 51.4 Å². The van der Waals surface area contributed by atoms with Gasteiger partial charge < -0.3 is 20.4 Å². The molecule has 32 heavy (non-hydrogen) atoms. The lowest BCUT2D eigenvalue weighted by molar-refractivity contribution is -0.128. The van der Waals surface area contributed by atoms with Crippen LogP contribution in [-0.4, -0.2) is 49.5 Å².